The van der Waals surface area contributed by atoms with Crippen LogP contribution >= 0.6 is 61.5 Å². The SMILES string of the molecule is ClC(c1cc2sccc2s1)c1csc2c(Br)cccc12. The fourth-order valence-corrected chi connectivity index (χ4v) is 6.52. The van der Waals surface area contributed by atoms with Crippen molar-refractivity contribution in [2.24, 2.45) is 0 Å². The van der Waals surface area contributed by atoms with Crippen LogP contribution in [0.2, 0.25) is 0 Å². The van der Waals surface area contributed by atoms with Gasteiger partial charge in [0.05, 0.1) is 5.38 Å². The van der Waals surface area contributed by atoms with E-state index >= 15 is 0 Å². The molecule has 0 aliphatic rings. The average molecular weight is 400 g/mol. The van der Waals surface area contributed by atoms with Crippen molar-refractivity contribution < 1.29 is 0 Å². The highest BCUT2D eigenvalue weighted by Gasteiger charge is 2.18. The van der Waals surface area contributed by atoms with E-state index in [2.05, 4.69) is 57.0 Å². The third-order valence-electron chi connectivity index (χ3n) is 3.26. The topological polar surface area (TPSA) is 0 Å². The summed E-state index contributed by atoms with van der Waals surface area (Å²) >= 11 is 15.7. The van der Waals surface area contributed by atoms with Crippen LogP contribution in [0, 0.1) is 0 Å². The highest BCUT2D eigenvalue weighted by molar-refractivity contribution is 9.10. The lowest BCUT2D eigenvalue weighted by atomic mass is 10.1. The zero-order valence-corrected chi connectivity index (χ0v) is 14.9. The molecule has 3 aromatic heterocycles. The Labute approximate surface area is 141 Å². The quantitative estimate of drug-likeness (QED) is 0.311. The monoisotopic (exact) mass is 398 g/mol. The van der Waals surface area contributed by atoms with Crippen molar-refractivity contribution in [2.45, 2.75) is 5.38 Å². The number of hydrogen-bond donors (Lipinski definition) is 0. The van der Waals surface area contributed by atoms with Gasteiger partial charge in [0.2, 0.25) is 0 Å². The van der Waals surface area contributed by atoms with Gasteiger partial charge >= 0.3 is 0 Å². The summed E-state index contributed by atoms with van der Waals surface area (Å²) in [4.78, 5) is 1.23. The second-order valence-corrected chi connectivity index (χ2v) is 8.70. The molecule has 0 radical (unpaired) electrons. The highest BCUT2D eigenvalue weighted by Crippen LogP contribution is 2.43. The fourth-order valence-electron chi connectivity index (χ4n) is 2.30. The lowest BCUT2D eigenvalue weighted by Gasteiger charge is -2.06. The number of hydrogen-bond acceptors (Lipinski definition) is 3. The minimum Gasteiger partial charge on any atom is -0.143 e. The molecule has 0 saturated carbocycles. The Kier molecular flexibility index (Phi) is 3.39. The molecule has 100 valence electrons. The summed E-state index contributed by atoms with van der Waals surface area (Å²) in [6.45, 7) is 0. The molecule has 0 aliphatic heterocycles. The van der Waals surface area contributed by atoms with Gasteiger partial charge in [0.15, 0.2) is 0 Å². The molecule has 5 heteroatoms. The molecule has 0 amide bonds. The summed E-state index contributed by atoms with van der Waals surface area (Å²) in [5.74, 6) is 0. The molecule has 0 saturated heterocycles. The summed E-state index contributed by atoms with van der Waals surface area (Å²) in [6, 6.07) is 10.7. The van der Waals surface area contributed by atoms with Crippen LogP contribution in [0.5, 0.6) is 0 Å². The summed E-state index contributed by atoms with van der Waals surface area (Å²) in [5.41, 5.74) is 1.21. The molecular weight excluding hydrogens is 392 g/mol. The van der Waals surface area contributed by atoms with Gasteiger partial charge in [-0.2, -0.15) is 0 Å². The van der Waals surface area contributed by atoms with E-state index in [9.17, 15) is 0 Å². The van der Waals surface area contributed by atoms with Crippen molar-refractivity contribution in [3.05, 3.63) is 56.0 Å². The van der Waals surface area contributed by atoms with Gasteiger partial charge in [0.1, 0.15) is 0 Å². The molecule has 3 heterocycles. The predicted molar refractivity (Wildman–Crippen MR) is 96.9 cm³/mol. The van der Waals surface area contributed by atoms with E-state index in [4.69, 9.17) is 11.6 Å². The molecule has 0 bridgehead atoms. The van der Waals surface area contributed by atoms with E-state index in [1.807, 2.05) is 0 Å². The first-order chi connectivity index (χ1) is 9.74. The number of benzene rings is 1. The second kappa shape index (κ2) is 5.11. The van der Waals surface area contributed by atoms with Crippen LogP contribution in [0.3, 0.4) is 0 Å². The van der Waals surface area contributed by atoms with Gasteiger partial charge in [-0.25, -0.2) is 0 Å². The number of alkyl halides is 1. The Morgan fingerprint density at radius 1 is 1.10 bits per heavy atom. The Morgan fingerprint density at radius 3 is 2.85 bits per heavy atom. The molecule has 0 aliphatic carbocycles. The van der Waals surface area contributed by atoms with Gasteiger partial charge in [-0.3, -0.25) is 0 Å². The molecule has 1 aromatic carbocycles. The smallest absolute Gasteiger partial charge is 0.0942 e. The van der Waals surface area contributed by atoms with Crippen LogP contribution in [0.15, 0.2) is 45.6 Å². The number of thiophene rings is 3. The maximum atomic E-state index is 6.74. The summed E-state index contributed by atoms with van der Waals surface area (Å²) in [6.07, 6.45) is 0. The summed E-state index contributed by atoms with van der Waals surface area (Å²) in [5, 5.41) is 5.50. The first kappa shape index (κ1) is 13.3. The van der Waals surface area contributed by atoms with Crippen LogP contribution in [-0.4, -0.2) is 0 Å². The number of halogens is 2. The van der Waals surface area contributed by atoms with E-state index in [-0.39, 0.29) is 5.38 Å². The highest BCUT2D eigenvalue weighted by atomic mass is 79.9. The summed E-state index contributed by atoms with van der Waals surface area (Å²) < 4.78 is 5.07. The van der Waals surface area contributed by atoms with Crippen molar-refractivity contribution in [1.29, 1.82) is 0 Å². The van der Waals surface area contributed by atoms with Crippen molar-refractivity contribution in [3.8, 4) is 0 Å². The third-order valence-corrected chi connectivity index (χ3v) is 7.99. The molecule has 1 unspecified atom stereocenters. The maximum absolute atomic E-state index is 6.74. The van der Waals surface area contributed by atoms with E-state index in [0.717, 1.165) is 4.47 Å². The second-order valence-electron chi connectivity index (χ2n) is 4.47. The lowest BCUT2D eigenvalue weighted by molar-refractivity contribution is 1.22. The minimum atomic E-state index is -0.0670. The molecule has 0 fully saturated rings. The van der Waals surface area contributed by atoms with E-state index in [1.54, 1.807) is 34.0 Å². The molecule has 0 spiro atoms. The first-order valence-corrected chi connectivity index (χ1v) is 9.81. The van der Waals surface area contributed by atoms with Crippen LogP contribution in [0.1, 0.15) is 15.8 Å². The van der Waals surface area contributed by atoms with E-state index < -0.39 is 0 Å². The first-order valence-electron chi connectivity index (χ1n) is 6.00. The fraction of sp³-hybridized carbons (Fsp3) is 0.0667. The molecule has 0 nitrogen and oxygen atoms in total. The van der Waals surface area contributed by atoms with Crippen LogP contribution in [0.25, 0.3) is 19.5 Å². The summed E-state index contributed by atoms with van der Waals surface area (Å²) in [7, 11) is 0. The normalized spacial score (nSPS) is 13.3. The van der Waals surface area contributed by atoms with Gasteiger partial charge in [0.25, 0.3) is 0 Å². The standard InChI is InChI=1S/C15H8BrClS3/c16-10-3-1-2-8-9(7-19-15(8)10)14(17)13-6-12-11(20-13)4-5-18-12/h1-7,14H. The van der Waals surface area contributed by atoms with Gasteiger partial charge in [-0.15, -0.1) is 45.6 Å². The lowest BCUT2D eigenvalue weighted by Crippen LogP contribution is -1.87. The molecule has 4 aromatic rings. The van der Waals surface area contributed by atoms with Gasteiger partial charge < -0.3 is 0 Å². The molecular formula is C15H8BrClS3. The molecule has 4 rings (SSSR count). The zero-order valence-electron chi connectivity index (χ0n) is 10.1. The maximum Gasteiger partial charge on any atom is 0.0942 e. The molecule has 20 heavy (non-hydrogen) atoms. The third kappa shape index (κ3) is 2.06. The van der Waals surface area contributed by atoms with Crippen molar-refractivity contribution in [3.63, 3.8) is 0 Å². The molecule has 1 atom stereocenters. The van der Waals surface area contributed by atoms with Gasteiger partial charge in [-0.1, -0.05) is 12.1 Å². The Morgan fingerprint density at radius 2 is 2.00 bits per heavy atom. The minimum absolute atomic E-state index is 0.0670. The van der Waals surface area contributed by atoms with Crippen molar-refractivity contribution in [1.82, 2.24) is 0 Å². The Balaban J connectivity index is 1.85. The van der Waals surface area contributed by atoms with Crippen LogP contribution in [0.4, 0.5) is 0 Å². The van der Waals surface area contributed by atoms with Gasteiger partial charge in [-0.05, 0) is 55.8 Å². The van der Waals surface area contributed by atoms with Crippen molar-refractivity contribution in [2.75, 3.05) is 0 Å². The predicted octanol–water partition coefficient (Wildman–Crippen LogP) is 7.27. The van der Waals surface area contributed by atoms with Crippen molar-refractivity contribution >= 4 is 81.0 Å². The van der Waals surface area contributed by atoms with E-state index in [0.29, 0.717) is 0 Å². The Bertz CT molecular complexity index is 874. The number of fused-ring (bicyclic) bond motifs is 2. The number of rotatable bonds is 2. The van der Waals surface area contributed by atoms with E-state index in [1.165, 1.54) is 29.9 Å². The Hall–Kier alpha value is -0.390. The average Bonchev–Trinajstić information content (AvgIpc) is 3.11. The van der Waals surface area contributed by atoms with Gasteiger partial charge in [0, 0.05) is 23.4 Å². The molecule has 0 N–H and O–H groups in total. The van der Waals surface area contributed by atoms with Crippen LogP contribution in [-0.2, 0) is 0 Å². The largest absolute Gasteiger partial charge is 0.143 e. The van der Waals surface area contributed by atoms with Crippen LogP contribution < -0.4 is 0 Å². The zero-order chi connectivity index (χ0) is 13.7.